The quantitative estimate of drug-likeness (QED) is 0.608. The van der Waals surface area contributed by atoms with Crippen molar-refractivity contribution in [1.82, 2.24) is 15.3 Å². The van der Waals surface area contributed by atoms with Crippen LogP contribution in [0.25, 0.3) is 0 Å². The van der Waals surface area contributed by atoms with Gasteiger partial charge in [0.25, 0.3) is 0 Å². The van der Waals surface area contributed by atoms with Crippen LogP contribution in [-0.2, 0) is 4.79 Å². The van der Waals surface area contributed by atoms with Crippen molar-refractivity contribution in [1.29, 1.82) is 0 Å². The Morgan fingerprint density at radius 1 is 1.47 bits per heavy atom. The Hall–Kier alpha value is -0.880. The van der Waals surface area contributed by atoms with Crippen molar-refractivity contribution in [3.05, 3.63) is 5.21 Å². The molecule has 0 aromatic rings. The molecule has 0 aromatic heterocycles. The lowest BCUT2D eigenvalue weighted by Crippen LogP contribution is -2.66. The molecular weight excluding hydrogens is 214 g/mol. The summed E-state index contributed by atoms with van der Waals surface area (Å²) in [4.78, 5) is 13.1. The van der Waals surface area contributed by atoms with Gasteiger partial charge < -0.3 is 20.5 Å². The van der Waals surface area contributed by atoms with Crippen LogP contribution < -0.4 is 5.32 Å². The smallest absolute Gasteiger partial charge is 0.233 e. The van der Waals surface area contributed by atoms with Crippen LogP contribution in [0, 0.1) is 5.21 Å². The number of carbonyl (C=O) groups is 1. The highest BCUT2D eigenvalue weighted by molar-refractivity contribution is 7.80. The molecule has 2 rings (SSSR count). The molecule has 84 valence electrons. The molecule has 1 unspecified atom stereocenters. The molecule has 6 heteroatoms. The Balaban J connectivity index is 2.39. The fourth-order valence-electron chi connectivity index (χ4n) is 2.44. The van der Waals surface area contributed by atoms with Crippen LogP contribution in [0.4, 0.5) is 0 Å². The largest absolute Gasteiger partial charge is 0.755 e. The van der Waals surface area contributed by atoms with Gasteiger partial charge in [-0.05, 0) is 33.0 Å². The molecule has 2 aliphatic rings. The number of rotatable bonds is 0. The monoisotopic (exact) mass is 228 g/mol. The standard InChI is InChI=1S/C9H14N3O2S/c1-8(2)5-9(3)11(7(15)10-8)4-6(13)12(9)14/h4-5H2,1-3H3,(H,10,15)/q-1. The first-order valence-electron chi connectivity index (χ1n) is 4.86. The molecule has 15 heavy (non-hydrogen) atoms. The highest BCUT2D eigenvalue weighted by Gasteiger charge is 2.51. The third-order valence-corrected chi connectivity index (χ3v) is 3.33. The third kappa shape index (κ3) is 1.39. The summed E-state index contributed by atoms with van der Waals surface area (Å²) < 4.78 is 0. The molecule has 2 fully saturated rings. The van der Waals surface area contributed by atoms with E-state index in [1.165, 1.54) is 0 Å². The average molecular weight is 228 g/mol. The summed E-state index contributed by atoms with van der Waals surface area (Å²) in [5, 5.41) is 15.9. The molecule has 1 amide bonds. The molecule has 0 bridgehead atoms. The maximum atomic E-state index is 11.7. The molecule has 1 atom stereocenters. The summed E-state index contributed by atoms with van der Waals surface area (Å²) >= 11 is 5.17. The summed E-state index contributed by atoms with van der Waals surface area (Å²) in [5.41, 5.74) is -1.07. The van der Waals surface area contributed by atoms with Gasteiger partial charge in [0.1, 0.15) is 12.2 Å². The van der Waals surface area contributed by atoms with Gasteiger partial charge in [0.05, 0.1) is 0 Å². The van der Waals surface area contributed by atoms with Crippen molar-refractivity contribution in [2.24, 2.45) is 0 Å². The predicted octanol–water partition coefficient (Wildman–Crippen LogP) is 0.401. The first kappa shape index (κ1) is 10.6. The lowest BCUT2D eigenvalue weighted by Gasteiger charge is -2.53. The predicted molar refractivity (Wildman–Crippen MR) is 59.8 cm³/mol. The number of hydrogen-bond donors (Lipinski definition) is 1. The molecule has 1 N–H and O–H groups in total. The van der Waals surface area contributed by atoms with Gasteiger partial charge in [0.15, 0.2) is 5.11 Å². The molecule has 0 radical (unpaired) electrons. The minimum atomic E-state index is -0.817. The highest BCUT2D eigenvalue weighted by Crippen LogP contribution is 2.37. The van der Waals surface area contributed by atoms with Crippen LogP contribution in [0.1, 0.15) is 27.2 Å². The lowest BCUT2D eigenvalue weighted by atomic mass is 9.89. The maximum absolute atomic E-state index is 11.7. The third-order valence-electron chi connectivity index (χ3n) is 3.01. The fraction of sp³-hybridized carbons (Fsp3) is 0.778. The van der Waals surface area contributed by atoms with Crippen LogP contribution >= 0.6 is 12.2 Å². The number of hydrogen-bond acceptors (Lipinski definition) is 3. The van der Waals surface area contributed by atoms with Crippen LogP contribution in [0.15, 0.2) is 0 Å². The lowest BCUT2D eigenvalue weighted by molar-refractivity contribution is -0.127. The Kier molecular flexibility index (Phi) is 2.00. The average Bonchev–Trinajstić information content (AvgIpc) is 2.27. The van der Waals surface area contributed by atoms with E-state index in [4.69, 9.17) is 12.2 Å². The topological polar surface area (TPSA) is 58.6 Å². The van der Waals surface area contributed by atoms with Crippen LogP contribution in [0.3, 0.4) is 0 Å². The van der Waals surface area contributed by atoms with Crippen molar-refractivity contribution in [2.75, 3.05) is 6.54 Å². The van der Waals surface area contributed by atoms with E-state index in [0.29, 0.717) is 16.6 Å². The number of amides is 1. The summed E-state index contributed by atoms with van der Waals surface area (Å²) in [5.74, 6) is -0.417. The van der Waals surface area contributed by atoms with E-state index in [0.717, 1.165) is 0 Å². The Morgan fingerprint density at radius 3 is 2.67 bits per heavy atom. The Morgan fingerprint density at radius 2 is 2.07 bits per heavy atom. The minimum Gasteiger partial charge on any atom is -0.755 e. The summed E-state index contributed by atoms with van der Waals surface area (Å²) in [6.07, 6.45) is 0.565. The van der Waals surface area contributed by atoms with E-state index in [9.17, 15) is 10.0 Å². The normalized spacial score (nSPS) is 34.1. The molecular formula is C9H14N3O2S-. The van der Waals surface area contributed by atoms with Gasteiger partial charge in [-0.3, -0.25) is 4.79 Å². The molecule has 2 saturated heterocycles. The number of carbonyl (C=O) groups excluding carboxylic acids is 1. The molecule has 5 nitrogen and oxygen atoms in total. The number of nitrogens with zero attached hydrogens (tertiary/aromatic N) is 2. The molecule has 2 aliphatic heterocycles. The van der Waals surface area contributed by atoms with Crippen LogP contribution in [-0.4, -0.2) is 38.7 Å². The number of fused-ring (bicyclic) bond motifs is 1. The second-order valence-corrected chi connectivity index (χ2v) is 5.37. The van der Waals surface area contributed by atoms with E-state index in [1.807, 2.05) is 13.8 Å². The van der Waals surface area contributed by atoms with Crippen LogP contribution in [0.5, 0.6) is 0 Å². The molecule has 0 aliphatic carbocycles. The second-order valence-electron chi connectivity index (χ2n) is 4.98. The SMILES string of the molecule is CC1(C)CC2(C)N([O-])C(=O)CN2C(=S)N1. The first-order chi connectivity index (χ1) is 6.76. The zero-order valence-corrected chi connectivity index (χ0v) is 9.85. The fourth-order valence-corrected chi connectivity index (χ4v) is 2.98. The second kappa shape index (κ2) is 2.82. The maximum Gasteiger partial charge on any atom is 0.233 e. The molecule has 0 spiro atoms. The molecule has 2 heterocycles. The van der Waals surface area contributed by atoms with Crippen molar-refractivity contribution >= 4 is 23.2 Å². The van der Waals surface area contributed by atoms with Gasteiger partial charge in [-0.2, -0.15) is 0 Å². The summed E-state index contributed by atoms with van der Waals surface area (Å²) in [7, 11) is 0. The van der Waals surface area contributed by atoms with Crippen molar-refractivity contribution in [3.63, 3.8) is 0 Å². The van der Waals surface area contributed by atoms with E-state index < -0.39 is 11.6 Å². The number of nitrogens with one attached hydrogen (secondary N) is 1. The number of thiocarbonyl (C=S) groups is 1. The number of hydroxylamine groups is 2. The van der Waals surface area contributed by atoms with Gasteiger partial charge in [-0.25, -0.2) is 0 Å². The summed E-state index contributed by atoms with van der Waals surface area (Å²) in [6, 6.07) is 0. The van der Waals surface area contributed by atoms with Crippen molar-refractivity contribution in [2.45, 2.75) is 38.4 Å². The van der Waals surface area contributed by atoms with Gasteiger partial charge in [0, 0.05) is 12.0 Å². The zero-order valence-electron chi connectivity index (χ0n) is 9.03. The molecule has 0 aromatic carbocycles. The Labute approximate surface area is 94.0 Å². The Bertz CT molecular complexity index is 344. The van der Waals surface area contributed by atoms with E-state index in [1.54, 1.807) is 11.8 Å². The molecule has 0 saturated carbocycles. The van der Waals surface area contributed by atoms with Crippen molar-refractivity contribution < 1.29 is 4.79 Å². The minimum absolute atomic E-state index is 0.0852. The summed E-state index contributed by atoms with van der Waals surface area (Å²) in [6.45, 7) is 5.79. The first-order valence-corrected chi connectivity index (χ1v) is 5.27. The highest BCUT2D eigenvalue weighted by atomic mass is 32.1. The van der Waals surface area contributed by atoms with E-state index in [2.05, 4.69) is 5.32 Å². The van der Waals surface area contributed by atoms with E-state index in [-0.39, 0.29) is 12.1 Å². The van der Waals surface area contributed by atoms with E-state index >= 15 is 0 Å². The van der Waals surface area contributed by atoms with Crippen molar-refractivity contribution in [3.8, 4) is 0 Å². The van der Waals surface area contributed by atoms with Gasteiger partial charge in [0.2, 0.25) is 5.91 Å². The van der Waals surface area contributed by atoms with Gasteiger partial charge >= 0.3 is 0 Å². The zero-order chi connectivity index (χ0) is 11.4. The van der Waals surface area contributed by atoms with Crippen LogP contribution in [0.2, 0.25) is 0 Å². The van der Waals surface area contributed by atoms with Gasteiger partial charge in [-0.1, -0.05) is 0 Å². The van der Waals surface area contributed by atoms with Gasteiger partial charge in [-0.15, -0.1) is 0 Å².